The van der Waals surface area contributed by atoms with Crippen molar-refractivity contribution in [3.8, 4) is 0 Å². The van der Waals surface area contributed by atoms with E-state index in [1.165, 1.54) is 0 Å². The van der Waals surface area contributed by atoms with Gasteiger partial charge in [0.1, 0.15) is 6.61 Å². The van der Waals surface area contributed by atoms with Gasteiger partial charge in [0.05, 0.1) is 6.04 Å². The average Bonchev–Trinajstić information content (AvgIpc) is 2.60. The highest BCUT2D eigenvalue weighted by atomic mass is 16.6. The summed E-state index contributed by atoms with van der Waals surface area (Å²) in [4.78, 5) is 14.4. The van der Waals surface area contributed by atoms with E-state index in [-0.39, 0.29) is 24.8 Å². The second-order valence-corrected chi connectivity index (χ2v) is 6.74. The number of hydrogen-bond donors (Lipinski definition) is 2. The van der Waals surface area contributed by atoms with Crippen LogP contribution in [-0.2, 0) is 11.3 Å². The van der Waals surface area contributed by atoms with Crippen LogP contribution in [-0.4, -0.2) is 47.4 Å². The fourth-order valence-electron chi connectivity index (χ4n) is 3.36. The first-order valence-corrected chi connectivity index (χ1v) is 8.96. The molecule has 1 saturated heterocycles. The third-order valence-corrected chi connectivity index (χ3v) is 4.44. The smallest absolute Gasteiger partial charge is 0.410 e. The van der Waals surface area contributed by atoms with Crippen molar-refractivity contribution in [2.75, 3.05) is 13.2 Å². The lowest BCUT2D eigenvalue weighted by Crippen LogP contribution is -2.56. The minimum Gasteiger partial charge on any atom is -0.445 e. The summed E-state index contributed by atoms with van der Waals surface area (Å²) in [5, 5.41) is 12.9. The maximum absolute atomic E-state index is 12.6. The number of likely N-dealkylation sites (tertiary alicyclic amines) is 1. The maximum Gasteiger partial charge on any atom is 0.410 e. The number of ether oxygens (including phenoxy) is 1. The van der Waals surface area contributed by atoms with Crippen molar-refractivity contribution >= 4 is 6.09 Å². The number of nitrogens with zero attached hydrogens (tertiary/aromatic N) is 1. The first-order valence-electron chi connectivity index (χ1n) is 8.96. The minimum absolute atomic E-state index is 0.0802. The van der Waals surface area contributed by atoms with Gasteiger partial charge >= 0.3 is 6.09 Å². The average molecular weight is 334 g/mol. The number of carbonyl (C=O) groups excluding carboxylic acids is 1. The molecule has 0 radical (unpaired) electrons. The molecule has 5 nitrogen and oxygen atoms in total. The van der Waals surface area contributed by atoms with Gasteiger partial charge in [0.2, 0.25) is 0 Å². The monoisotopic (exact) mass is 334 g/mol. The summed E-state index contributed by atoms with van der Waals surface area (Å²) in [5.74, 6) is 0. The van der Waals surface area contributed by atoms with Crippen LogP contribution in [0.2, 0.25) is 0 Å². The van der Waals surface area contributed by atoms with E-state index in [4.69, 9.17) is 4.74 Å². The van der Waals surface area contributed by atoms with Crippen LogP contribution in [0.15, 0.2) is 30.3 Å². The Labute approximate surface area is 145 Å². The molecule has 0 aromatic heterocycles. The lowest BCUT2D eigenvalue weighted by molar-refractivity contribution is 0.0527. The summed E-state index contributed by atoms with van der Waals surface area (Å²) in [6, 6.07) is 10.2. The van der Waals surface area contributed by atoms with Crippen LogP contribution in [0.1, 0.15) is 45.1 Å². The molecule has 1 aromatic carbocycles. The zero-order chi connectivity index (χ0) is 17.4. The number of aliphatic hydroxyl groups is 1. The Morgan fingerprint density at radius 1 is 1.33 bits per heavy atom. The lowest BCUT2D eigenvalue weighted by atomic mass is 9.93. The van der Waals surface area contributed by atoms with Crippen molar-refractivity contribution in [3.63, 3.8) is 0 Å². The molecule has 134 valence electrons. The van der Waals surface area contributed by atoms with E-state index in [1.54, 1.807) is 0 Å². The van der Waals surface area contributed by atoms with Gasteiger partial charge in [-0.3, -0.25) is 0 Å². The second-order valence-electron chi connectivity index (χ2n) is 6.74. The van der Waals surface area contributed by atoms with E-state index in [0.29, 0.717) is 19.1 Å². The Hall–Kier alpha value is -1.59. The molecular weight excluding hydrogens is 304 g/mol. The minimum atomic E-state index is -0.253. The molecule has 0 spiro atoms. The molecule has 5 heteroatoms. The molecule has 1 aliphatic rings. The fraction of sp³-hybridized carbons (Fsp3) is 0.632. The van der Waals surface area contributed by atoms with Crippen LogP contribution in [0, 0.1) is 0 Å². The van der Waals surface area contributed by atoms with Gasteiger partial charge < -0.3 is 20.1 Å². The van der Waals surface area contributed by atoms with Crippen molar-refractivity contribution in [1.82, 2.24) is 10.2 Å². The number of hydrogen-bond acceptors (Lipinski definition) is 4. The molecular formula is C19H30N2O3. The van der Waals surface area contributed by atoms with Gasteiger partial charge in [0, 0.05) is 25.2 Å². The Bertz CT molecular complexity index is 493. The van der Waals surface area contributed by atoms with E-state index in [0.717, 1.165) is 31.4 Å². The van der Waals surface area contributed by atoms with Crippen molar-refractivity contribution in [3.05, 3.63) is 35.9 Å². The van der Waals surface area contributed by atoms with Crippen molar-refractivity contribution in [2.45, 2.75) is 64.3 Å². The molecule has 0 unspecified atom stereocenters. The predicted molar refractivity (Wildman–Crippen MR) is 94.7 cm³/mol. The molecule has 1 heterocycles. The zero-order valence-electron chi connectivity index (χ0n) is 14.8. The van der Waals surface area contributed by atoms with Crippen LogP contribution in [0.5, 0.6) is 0 Å². The summed E-state index contributed by atoms with van der Waals surface area (Å²) < 4.78 is 5.53. The molecule has 0 saturated carbocycles. The Kier molecular flexibility index (Phi) is 7.53. The summed E-state index contributed by atoms with van der Waals surface area (Å²) in [7, 11) is 0. The number of nitrogens with one attached hydrogen (secondary N) is 1. The molecule has 2 atom stereocenters. The lowest BCUT2D eigenvalue weighted by Gasteiger charge is -2.40. The Morgan fingerprint density at radius 2 is 2.08 bits per heavy atom. The van der Waals surface area contributed by atoms with Gasteiger partial charge in [-0.1, -0.05) is 44.2 Å². The van der Waals surface area contributed by atoms with Crippen molar-refractivity contribution in [2.24, 2.45) is 0 Å². The fourth-order valence-corrected chi connectivity index (χ4v) is 3.36. The van der Waals surface area contributed by atoms with Crippen molar-refractivity contribution < 1.29 is 14.6 Å². The maximum atomic E-state index is 12.6. The first-order chi connectivity index (χ1) is 11.6. The molecule has 1 fully saturated rings. The summed E-state index contributed by atoms with van der Waals surface area (Å²) in [6.07, 6.45) is 3.45. The van der Waals surface area contributed by atoms with E-state index >= 15 is 0 Å². The number of amides is 1. The number of rotatable bonds is 7. The number of carbonyl (C=O) groups is 1. The SMILES string of the molecule is CC(C)N[C@@H](CCO)[C@H]1CCCCN1C(=O)OCc1ccccc1. The molecule has 1 aromatic rings. The van der Waals surface area contributed by atoms with Crippen LogP contribution < -0.4 is 5.32 Å². The molecule has 1 aliphatic heterocycles. The van der Waals surface area contributed by atoms with Gasteiger partial charge in [0.25, 0.3) is 0 Å². The zero-order valence-corrected chi connectivity index (χ0v) is 14.8. The van der Waals surface area contributed by atoms with E-state index in [2.05, 4.69) is 19.2 Å². The quantitative estimate of drug-likeness (QED) is 0.805. The van der Waals surface area contributed by atoms with Gasteiger partial charge in [0.15, 0.2) is 0 Å². The molecule has 0 aliphatic carbocycles. The van der Waals surface area contributed by atoms with Crippen LogP contribution >= 0.6 is 0 Å². The largest absolute Gasteiger partial charge is 0.445 e. The molecule has 24 heavy (non-hydrogen) atoms. The van der Waals surface area contributed by atoms with Crippen molar-refractivity contribution in [1.29, 1.82) is 0 Å². The van der Waals surface area contributed by atoms with E-state index < -0.39 is 0 Å². The number of benzene rings is 1. The molecule has 0 bridgehead atoms. The topological polar surface area (TPSA) is 61.8 Å². The first kappa shape index (κ1) is 18.7. The highest BCUT2D eigenvalue weighted by Gasteiger charge is 2.33. The summed E-state index contributed by atoms with van der Waals surface area (Å²) in [6.45, 7) is 5.31. The molecule has 1 amide bonds. The van der Waals surface area contributed by atoms with Gasteiger partial charge in [-0.05, 0) is 31.2 Å². The van der Waals surface area contributed by atoms with Crippen LogP contribution in [0.4, 0.5) is 4.79 Å². The van der Waals surface area contributed by atoms with E-state index in [1.807, 2.05) is 35.2 Å². The predicted octanol–water partition coefficient (Wildman–Crippen LogP) is 2.93. The molecule has 2 N–H and O–H groups in total. The Balaban J connectivity index is 1.99. The van der Waals surface area contributed by atoms with E-state index in [9.17, 15) is 9.90 Å². The Morgan fingerprint density at radius 3 is 2.75 bits per heavy atom. The summed E-state index contributed by atoms with van der Waals surface area (Å²) >= 11 is 0. The summed E-state index contributed by atoms with van der Waals surface area (Å²) in [5.41, 5.74) is 0.992. The third-order valence-electron chi connectivity index (χ3n) is 4.44. The third kappa shape index (κ3) is 5.49. The van der Waals surface area contributed by atoms with Gasteiger partial charge in [-0.2, -0.15) is 0 Å². The number of piperidine rings is 1. The standard InChI is InChI=1S/C19H30N2O3/c1-15(2)20-17(11-13-22)18-10-6-7-12-21(18)19(23)24-14-16-8-4-3-5-9-16/h3-5,8-9,15,17-18,20,22H,6-7,10-14H2,1-2H3/t17-,18+/m0/s1. The van der Waals surface area contributed by atoms with Crippen LogP contribution in [0.25, 0.3) is 0 Å². The molecule has 2 rings (SSSR count). The highest BCUT2D eigenvalue weighted by Crippen LogP contribution is 2.23. The van der Waals surface area contributed by atoms with Crippen LogP contribution in [0.3, 0.4) is 0 Å². The highest BCUT2D eigenvalue weighted by molar-refractivity contribution is 5.68. The normalized spacial score (nSPS) is 19.3. The number of aliphatic hydroxyl groups excluding tert-OH is 1. The second kappa shape index (κ2) is 9.64. The van der Waals surface area contributed by atoms with Gasteiger partial charge in [-0.15, -0.1) is 0 Å². The van der Waals surface area contributed by atoms with Gasteiger partial charge in [-0.25, -0.2) is 4.79 Å².